The van der Waals surface area contributed by atoms with E-state index in [1.807, 2.05) is 53.6 Å². The number of methoxy groups -OCH3 is 1. The number of nitrogens with one attached hydrogen (secondary N) is 1. The van der Waals surface area contributed by atoms with Crippen LogP contribution in [-0.4, -0.2) is 85.6 Å². The number of fused-ring (bicyclic) bond motifs is 5. The minimum atomic E-state index is -0.192. The van der Waals surface area contributed by atoms with E-state index < -0.39 is 0 Å². The summed E-state index contributed by atoms with van der Waals surface area (Å²) in [7, 11) is 3.25. The molecule has 0 bridgehead atoms. The lowest BCUT2D eigenvalue weighted by molar-refractivity contribution is -0.136. The third kappa shape index (κ3) is 18.2. The minimum absolute atomic E-state index is 0.0240. The molecule has 6 aromatic carbocycles. The van der Waals surface area contributed by atoms with Crippen LogP contribution in [0.5, 0.6) is 5.75 Å². The Balaban J connectivity index is 0.000000139. The molecule has 1 N–H and O–H groups in total. The second-order valence-corrected chi connectivity index (χ2v) is 34.2. The zero-order valence-electron chi connectivity index (χ0n) is 65.1. The van der Waals surface area contributed by atoms with Gasteiger partial charge in [-0.05, 0) is 183 Å². The molecule has 13 heteroatoms. The van der Waals surface area contributed by atoms with Gasteiger partial charge in [-0.1, -0.05) is 208 Å². The molecule has 0 atom stereocenters. The van der Waals surface area contributed by atoms with Crippen LogP contribution in [0.1, 0.15) is 241 Å². The van der Waals surface area contributed by atoms with E-state index in [1.54, 1.807) is 26.4 Å². The van der Waals surface area contributed by atoms with Gasteiger partial charge in [-0.15, -0.1) is 0 Å². The number of benzene rings is 6. The van der Waals surface area contributed by atoms with Crippen molar-refractivity contribution in [1.82, 2.24) is 35.0 Å². The third-order valence-corrected chi connectivity index (χ3v) is 21.0. The summed E-state index contributed by atoms with van der Waals surface area (Å²) < 4.78 is 11.2. The summed E-state index contributed by atoms with van der Waals surface area (Å²) in [6, 6.07) is 46.7. The van der Waals surface area contributed by atoms with Crippen LogP contribution in [0.3, 0.4) is 0 Å². The van der Waals surface area contributed by atoms with Gasteiger partial charge in [0, 0.05) is 79.3 Å². The van der Waals surface area contributed by atoms with E-state index in [4.69, 9.17) is 9.15 Å². The van der Waals surface area contributed by atoms with Crippen molar-refractivity contribution in [3.8, 4) is 28.5 Å². The summed E-state index contributed by atoms with van der Waals surface area (Å²) >= 11 is 0. The van der Waals surface area contributed by atoms with Crippen LogP contribution < -0.4 is 10.1 Å². The Kier molecular flexibility index (Phi) is 23.5. The quantitative estimate of drug-likeness (QED) is 0.164. The standard InChI is InChI=1S/C20H21N3O.C19H27NO.C18H19NO2.C17H23NO.C16H23NO/c1-20(2,3)16-7-5-6-13-10-18(23-12-15(13)16)14-8-9-17(22-11-14)19(24)21-4;1-19(2,3)17-11-7-8-14-13-20(18(21)12-16(14)17)15-9-5-4-6-10-15;1-18(2,3)14-6-5-7-15-16(14)21-17(19-15)12-8-10-13(20-4)11-9-12;1-17(2,3)15-9-4-6-12-11-18(13-7-5-8-13)16(19)10-14(12)15;1-11(2)17-10-12-7-6-8-14(16(3,4)5)13(12)9-15(17)18/h5-12H,1-4H3,(H,21,24);7-8,11,15H,4-6,9-10,12-13H2,1-3H3;5-11H,1-4H3;4,6,9,13H,5,7-8,10-11H2,1-3H3;6-8,11H,9-10H2,1-5H3. The van der Waals surface area contributed by atoms with Gasteiger partial charge in [-0.25, -0.2) is 4.98 Å². The Morgan fingerprint density at radius 3 is 1.42 bits per heavy atom. The number of amides is 4. The number of hydrogen-bond acceptors (Lipinski definition) is 9. The Bertz CT molecular complexity index is 4480. The zero-order chi connectivity index (χ0) is 74.5. The molecule has 0 radical (unpaired) electrons. The highest BCUT2D eigenvalue weighted by Gasteiger charge is 2.36. The van der Waals surface area contributed by atoms with E-state index in [0.29, 0.717) is 54.7 Å². The van der Waals surface area contributed by atoms with Gasteiger partial charge in [-0.3, -0.25) is 29.1 Å². The van der Waals surface area contributed by atoms with Crippen molar-refractivity contribution in [3.63, 3.8) is 0 Å². The molecule has 3 aliphatic heterocycles. The van der Waals surface area contributed by atoms with E-state index in [0.717, 1.165) is 58.7 Å². The highest BCUT2D eigenvalue weighted by atomic mass is 16.5. The van der Waals surface area contributed by atoms with Crippen LogP contribution >= 0.6 is 0 Å². The van der Waals surface area contributed by atoms with Crippen LogP contribution in [0.25, 0.3) is 44.6 Å². The molecule has 6 heterocycles. The first-order valence-electron chi connectivity index (χ1n) is 37.5. The molecule has 2 aliphatic carbocycles. The van der Waals surface area contributed by atoms with Crippen LogP contribution in [0.4, 0.5) is 0 Å². The number of pyridine rings is 2. The van der Waals surface area contributed by atoms with Gasteiger partial charge in [0.05, 0.1) is 32.1 Å². The molecule has 5 aliphatic rings. The molecule has 0 saturated heterocycles. The molecular formula is C90H113N7O6. The predicted molar refractivity (Wildman–Crippen MR) is 420 cm³/mol. The Hall–Kier alpha value is -8.97. The second kappa shape index (κ2) is 31.6. The number of para-hydroxylation sites is 1. The van der Waals surface area contributed by atoms with E-state index >= 15 is 0 Å². The van der Waals surface area contributed by atoms with Crippen molar-refractivity contribution >= 4 is 45.5 Å². The first kappa shape index (κ1) is 76.7. The molecule has 2 saturated carbocycles. The van der Waals surface area contributed by atoms with Gasteiger partial charge in [0.1, 0.15) is 17.0 Å². The fourth-order valence-electron chi connectivity index (χ4n) is 15.1. The summed E-state index contributed by atoms with van der Waals surface area (Å²) in [6.45, 7) is 39.7. The lowest BCUT2D eigenvalue weighted by atomic mass is 9.79. The molecule has 14 rings (SSSR count). The van der Waals surface area contributed by atoms with Crippen molar-refractivity contribution < 1.29 is 28.3 Å². The molecule has 103 heavy (non-hydrogen) atoms. The normalized spacial score (nSPS) is 15.8. The maximum Gasteiger partial charge on any atom is 0.269 e. The summed E-state index contributed by atoms with van der Waals surface area (Å²) in [5, 5.41) is 4.89. The van der Waals surface area contributed by atoms with Gasteiger partial charge in [0.2, 0.25) is 23.6 Å². The zero-order valence-corrected chi connectivity index (χ0v) is 65.1. The molecule has 0 spiro atoms. The van der Waals surface area contributed by atoms with E-state index in [-0.39, 0.29) is 44.9 Å². The molecule has 13 nitrogen and oxygen atoms in total. The maximum atomic E-state index is 12.7. The number of carbonyl (C=O) groups excluding carboxylic acids is 4. The average Bonchev–Trinajstić information content (AvgIpc) is 1.75. The van der Waals surface area contributed by atoms with Gasteiger partial charge in [0.15, 0.2) is 5.58 Å². The fraction of sp³-hybridized carbons (Fsp3) is 0.456. The number of nitrogens with zero attached hydrogens (tertiary/aromatic N) is 6. The Morgan fingerprint density at radius 1 is 0.505 bits per heavy atom. The molecule has 9 aromatic rings. The molecule has 0 unspecified atom stereocenters. The van der Waals surface area contributed by atoms with Crippen molar-refractivity contribution in [2.45, 2.75) is 253 Å². The highest BCUT2D eigenvalue weighted by molar-refractivity contribution is 5.93. The summed E-state index contributed by atoms with van der Waals surface area (Å²) in [5.74, 6) is 2.20. The molecule has 3 aromatic heterocycles. The number of rotatable bonds is 7. The SMILES string of the molecule is CC(C)(C)c1cccc2c1CC(=O)N(C1CCC1)C2.CC(C)(C)c1cccc2c1CC(=O)N(C1CCCCC1)C2.CC(C)N1Cc2cccc(C(C)(C)C)c2CC1=O.CNC(=O)c1ccc(-c2cc3cccc(C(C)(C)C)c3cn2)cn1.COc1ccc(-c2nc3cccc(C(C)(C)C)c3o2)cc1. The lowest BCUT2D eigenvalue weighted by Gasteiger charge is -2.41. The molecular weight excluding hydrogens is 1280 g/mol. The number of ether oxygens (including phenoxy) is 1. The lowest BCUT2D eigenvalue weighted by Crippen LogP contribution is -2.47. The van der Waals surface area contributed by atoms with Crippen LogP contribution in [0.15, 0.2) is 150 Å². The predicted octanol–water partition coefficient (Wildman–Crippen LogP) is 19.7. The molecule has 4 amide bonds. The van der Waals surface area contributed by atoms with E-state index in [2.05, 4.69) is 233 Å². The fourth-order valence-corrected chi connectivity index (χ4v) is 15.1. The topological polar surface area (TPSA) is 151 Å². The second-order valence-electron chi connectivity index (χ2n) is 34.2. The van der Waals surface area contributed by atoms with Crippen molar-refractivity contribution in [2.75, 3.05) is 14.2 Å². The third-order valence-electron chi connectivity index (χ3n) is 21.0. The monoisotopic (exact) mass is 1390 g/mol. The first-order chi connectivity index (χ1) is 48.6. The number of carbonyl (C=O) groups is 4. The number of aromatic nitrogens is 3. The summed E-state index contributed by atoms with van der Waals surface area (Å²) in [5.41, 5.74) is 19.6. The van der Waals surface area contributed by atoms with E-state index in [9.17, 15) is 19.2 Å². The summed E-state index contributed by atoms with van der Waals surface area (Å²) in [4.78, 5) is 68.5. The largest absolute Gasteiger partial charge is 0.497 e. The van der Waals surface area contributed by atoms with E-state index in [1.165, 1.54) is 118 Å². The molecule has 544 valence electrons. The number of hydrogen-bond donors (Lipinski definition) is 1. The highest BCUT2D eigenvalue weighted by Crippen LogP contribution is 2.40. The van der Waals surface area contributed by atoms with Crippen LogP contribution in [0, 0.1) is 0 Å². The minimum Gasteiger partial charge on any atom is -0.497 e. The molecule has 2 fully saturated rings. The number of oxazole rings is 1. The van der Waals surface area contributed by atoms with Crippen LogP contribution in [0.2, 0.25) is 0 Å². The van der Waals surface area contributed by atoms with Gasteiger partial charge in [-0.2, -0.15) is 0 Å². The van der Waals surface area contributed by atoms with Crippen molar-refractivity contribution in [1.29, 1.82) is 0 Å². The average molecular weight is 1390 g/mol. The van der Waals surface area contributed by atoms with Gasteiger partial charge < -0.3 is 29.2 Å². The Labute approximate surface area is 614 Å². The van der Waals surface area contributed by atoms with Crippen molar-refractivity contribution in [3.05, 3.63) is 213 Å². The Morgan fingerprint density at radius 2 is 0.961 bits per heavy atom. The summed E-state index contributed by atoms with van der Waals surface area (Å²) in [6.07, 6.45) is 15.3. The first-order valence-corrected chi connectivity index (χ1v) is 37.5. The van der Waals surface area contributed by atoms with Gasteiger partial charge in [0.25, 0.3) is 5.91 Å². The maximum absolute atomic E-state index is 12.7. The smallest absolute Gasteiger partial charge is 0.269 e. The van der Waals surface area contributed by atoms with Crippen molar-refractivity contribution in [2.24, 2.45) is 0 Å². The van der Waals surface area contributed by atoms with Gasteiger partial charge >= 0.3 is 0 Å². The van der Waals surface area contributed by atoms with Crippen LogP contribution in [-0.2, 0) is 80.4 Å².